The SMILES string of the molecule is COCCOC1CCN(C(=O)[C@@H](C)n2cc(C)cn2)CC1. The average molecular weight is 295 g/mol. The number of piperidine rings is 1. The number of methoxy groups -OCH3 is 1. The molecule has 0 radical (unpaired) electrons. The van der Waals surface area contributed by atoms with Crippen LogP contribution in [0.1, 0.15) is 31.4 Å². The van der Waals surface area contributed by atoms with Crippen LogP contribution in [0.2, 0.25) is 0 Å². The number of aromatic nitrogens is 2. The smallest absolute Gasteiger partial charge is 0.247 e. The summed E-state index contributed by atoms with van der Waals surface area (Å²) < 4.78 is 12.4. The highest BCUT2D eigenvalue weighted by molar-refractivity contribution is 5.80. The molecule has 0 saturated carbocycles. The van der Waals surface area contributed by atoms with E-state index in [9.17, 15) is 4.79 Å². The maximum atomic E-state index is 12.5. The number of likely N-dealkylation sites (tertiary alicyclic amines) is 1. The Morgan fingerprint density at radius 1 is 1.43 bits per heavy atom. The van der Waals surface area contributed by atoms with E-state index < -0.39 is 0 Å². The molecule has 1 amide bonds. The van der Waals surface area contributed by atoms with E-state index in [0.717, 1.165) is 31.5 Å². The lowest BCUT2D eigenvalue weighted by atomic mass is 10.1. The molecule has 1 aliphatic rings. The summed E-state index contributed by atoms with van der Waals surface area (Å²) in [5, 5.41) is 4.23. The van der Waals surface area contributed by atoms with Gasteiger partial charge in [-0.1, -0.05) is 0 Å². The minimum Gasteiger partial charge on any atom is -0.382 e. The lowest BCUT2D eigenvalue weighted by Gasteiger charge is -2.33. The standard InChI is InChI=1S/C15H25N3O3/c1-12-10-16-18(11-12)13(2)15(19)17-6-4-14(5-7-17)21-9-8-20-3/h10-11,13-14H,4-9H2,1-3H3/t13-/m1/s1. The number of aryl methyl sites for hydroxylation is 1. The van der Waals surface area contributed by atoms with Gasteiger partial charge in [0.1, 0.15) is 6.04 Å². The van der Waals surface area contributed by atoms with Gasteiger partial charge in [-0.3, -0.25) is 9.48 Å². The van der Waals surface area contributed by atoms with Crippen molar-refractivity contribution in [2.75, 3.05) is 33.4 Å². The fraction of sp³-hybridized carbons (Fsp3) is 0.733. The van der Waals surface area contributed by atoms with Gasteiger partial charge >= 0.3 is 0 Å². The molecule has 0 bridgehead atoms. The van der Waals surface area contributed by atoms with Crippen LogP contribution in [0, 0.1) is 6.92 Å². The van der Waals surface area contributed by atoms with Gasteiger partial charge in [-0.05, 0) is 32.3 Å². The normalized spacial score (nSPS) is 18.0. The fourth-order valence-electron chi connectivity index (χ4n) is 2.56. The summed E-state index contributed by atoms with van der Waals surface area (Å²) in [7, 11) is 1.67. The Kier molecular flexibility index (Phi) is 5.76. The van der Waals surface area contributed by atoms with E-state index in [4.69, 9.17) is 9.47 Å². The van der Waals surface area contributed by atoms with E-state index >= 15 is 0 Å². The minimum atomic E-state index is -0.246. The Hall–Kier alpha value is -1.40. The Bertz CT molecular complexity index is 453. The molecule has 0 N–H and O–H groups in total. The molecule has 1 aromatic rings. The number of ether oxygens (including phenoxy) is 2. The van der Waals surface area contributed by atoms with Crippen molar-refractivity contribution in [2.24, 2.45) is 0 Å². The molecule has 0 aliphatic carbocycles. The average Bonchev–Trinajstić information content (AvgIpc) is 2.93. The lowest BCUT2D eigenvalue weighted by molar-refractivity contribution is -0.137. The number of amides is 1. The predicted octanol–water partition coefficient (Wildman–Crippen LogP) is 1.41. The summed E-state index contributed by atoms with van der Waals surface area (Å²) >= 11 is 0. The van der Waals surface area contributed by atoms with Crippen LogP contribution < -0.4 is 0 Å². The van der Waals surface area contributed by atoms with Crippen molar-refractivity contribution in [3.63, 3.8) is 0 Å². The van der Waals surface area contributed by atoms with Gasteiger partial charge in [0, 0.05) is 26.4 Å². The van der Waals surface area contributed by atoms with Crippen LogP contribution in [0.5, 0.6) is 0 Å². The molecular formula is C15H25N3O3. The summed E-state index contributed by atoms with van der Waals surface area (Å²) in [5.74, 6) is 0.133. The molecule has 0 spiro atoms. The Morgan fingerprint density at radius 2 is 2.14 bits per heavy atom. The van der Waals surface area contributed by atoms with Crippen molar-refractivity contribution in [1.29, 1.82) is 0 Å². The quantitative estimate of drug-likeness (QED) is 0.745. The zero-order chi connectivity index (χ0) is 15.2. The molecule has 1 atom stereocenters. The number of carbonyl (C=O) groups excluding carboxylic acids is 1. The molecule has 2 heterocycles. The highest BCUT2D eigenvalue weighted by atomic mass is 16.5. The van der Waals surface area contributed by atoms with Crippen molar-refractivity contribution in [1.82, 2.24) is 14.7 Å². The first-order chi connectivity index (χ1) is 10.1. The Morgan fingerprint density at radius 3 is 2.71 bits per heavy atom. The van der Waals surface area contributed by atoms with Gasteiger partial charge in [0.25, 0.3) is 0 Å². The molecule has 6 nitrogen and oxygen atoms in total. The molecule has 1 saturated heterocycles. The highest BCUT2D eigenvalue weighted by Crippen LogP contribution is 2.18. The van der Waals surface area contributed by atoms with Crippen LogP contribution >= 0.6 is 0 Å². The second-order valence-corrected chi connectivity index (χ2v) is 5.56. The van der Waals surface area contributed by atoms with E-state index in [1.54, 1.807) is 18.0 Å². The highest BCUT2D eigenvalue weighted by Gasteiger charge is 2.27. The van der Waals surface area contributed by atoms with Gasteiger partial charge in [0.05, 0.1) is 25.5 Å². The monoisotopic (exact) mass is 295 g/mol. The zero-order valence-electron chi connectivity index (χ0n) is 13.1. The van der Waals surface area contributed by atoms with Crippen molar-refractivity contribution >= 4 is 5.91 Å². The van der Waals surface area contributed by atoms with E-state index in [1.807, 2.05) is 24.9 Å². The van der Waals surface area contributed by atoms with Crippen LogP contribution in [-0.2, 0) is 14.3 Å². The van der Waals surface area contributed by atoms with Crippen LogP contribution in [0.25, 0.3) is 0 Å². The molecular weight excluding hydrogens is 270 g/mol. The molecule has 0 aromatic carbocycles. The molecule has 2 rings (SSSR count). The number of hydrogen-bond acceptors (Lipinski definition) is 4. The maximum Gasteiger partial charge on any atom is 0.247 e. The number of hydrogen-bond donors (Lipinski definition) is 0. The second-order valence-electron chi connectivity index (χ2n) is 5.56. The van der Waals surface area contributed by atoms with Gasteiger partial charge in [-0.25, -0.2) is 0 Å². The van der Waals surface area contributed by atoms with Crippen molar-refractivity contribution < 1.29 is 14.3 Å². The maximum absolute atomic E-state index is 12.5. The van der Waals surface area contributed by atoms with Crippen LogP contribution in [0.15, 0.2) is 12.4 Å². The first-order valence-corrected chi connectivity index (χ1v) is 7.52. The minimum absolute atomic E-state index is 0.133. The third-order valence-corrected chi connectivity index (χ3v) is 3.88. The molecule has 6 heteroatoms. The molecule has 1 aromatic heterocycles. The zero-order valence-corrected chi connectivity index (χ0v) is 13.1. The summed E-state index contributed by atoms with van der Waals surface area (Å²) in [6.45, 7) is 6.62. The third kappa shape index (κ3) is 4.28. The summed E-state index contributed by atoms with van der Waals surface area (Å²) in [6.07, 6.45) is 5.70. The van der Waals surface area contributed by atoms with Crippen LogP contribution in [0.3, 0.4) is 0 Å². The number of nitrogens with zero attached hydrogens (tertiary/aromatic N) is 3. The number of rotatable bonds is 6. The van der Waals surface area contributed by atoms with Gasteiger partial charge in [-0.15, -0.1) is 0 Å². The largest absolute Gasteiger partial charge is 0.382 e. The number of carbonyl (C=O) groups is 1. The molecule has 21 heavy (non-hydrogen) atoms. The summed E-state index contributed by atoms with van der Waals surface area (Å²) in [4.78, 5) is 14.4. The Labute approximate surface area is 126 Å². The molecule has 0 unspecified atom stereocenters. The van der Waals surface area contributed by atoms with Crippen LogP contribution in [0.4, 0.5) is 0 Å². The summed E-state index contributed by atoms with van der Waals surface area (Å²) in [6, 6.07) is -0.246. The summed E-state index contributed by atoms with van der Waals surface area (Å²) in [5.41, 5.74) is 1.07. The van der Waals surface area contributed by atoms with Gasteiger partial charge in [0.15, 0.2) is 0 Å². The molecule has 1 aliphatic heterocycles. The first kappa shape index (κ1) is 16.0. The second kappa shape index (κ2) is 7.56. The molecule has 1 fully saturated rings. The van der Waals surface area contributed by atoms with Crippen LogP contribution in [-0.4, -0.2) is 60.1 Å². The topological polar surface area (TPSA) is 56.6 Å². The Balaban J connectivity index is 1.80. The lowest BCUT2D eigenvalue weighted by Crippen LogP contribution is -2.43. The van der Waals surface area contributed by atoms with Crippen molar-refractivity contribution in [2.45, 2.75) is 38.8 Å². The van der Waals surface area contributed by atoms with E-state index in [1.165, 1.54) is 0 Å². The third-order valence-electron chi connectivity index (χ3n) is 3.88. The van der Waals surface area contributed by atoms with E-state index in [-0.39, 0.29) is 18.1 Å². The van der Waals surface area contributed by atoms with Crippen molar-refractivity contribution in [3.8, 4) is 0 Å². The van der Waals surface area contributed by atoms with Gasteiger partial charge in [-0.2, -0.15) is 5.10 Å². The van der Waals surface area contributed by atoms with Crippen molar-refractivity contribution in [3.05, 3.63) is 18.0 Å². The fourth-order valence-corrected chi connectivity index (χ4v) is 2.56. The van der Waals surface area contributed by atoms with Gasteiger partial charge in [0.2, 0.25) is 5.91 Å². The molecule has 118 valence electrons. The predicted molar refractivity (Wildman–Crippen MR) is 79.1 cm³/mol. The van der Waals surface area contributed by atoms with E-state index in [2.05, 4.69) is 5.10 Å². The van der Waals surface area contributed by atoms with E-state index in [0.29, 0.717) is 13.2 Å². The van der Waals surface area contributed by atoms with Gasteiger partial charge < -0.3 is 14.4 Å². The first-order valence-electron chi connectivity index (χ1n) is 7.52.